The molecule has 2 aromatic heterocycles. The van der Waals surface area contributed by atoms with Crippen molar-refractivity contribution in [1.82, 2.24) is 15.3 Å². The number of nitrogens with zero attached hydrogens (tertiary/aromatic N) is 2. The summed E-state index contributed by atoms with van der Waals surface area (Å²) in [5.41, 5.74) is 2.25. The Morgan fingerprint density at radius 2 is 2.20 bits per heavy atom. The molecule has 0 unspecified atom stereocenters. The molecule has 2 aromatic rings. The van der Waals surface area contributed by atoms with Gasteiger partial charge in [0.2, 0.25) is 0 Å². The van der Waals surface area contributed by atoms with Gasteiger partial charge in [0.25, 0.3) is 5.91 Å². The summed E-state index contributed by atoms with van der Waals surface area (Å²) in [5, 5.41) is 5.74. The van der Waals surface area contributed by atoms with Gasteiger partial charge < -0.3 is 10.6 Å². The summed E-state index contributed by atoms with van der Waals surface area (Å²) in [5.74, 6) is 0.356. The van der Waals surface area contributed by atoms with Gasteiger partial charge in [-0.2, -0.15) is 0 Å². The van der Waals surface area contributed by atoms with Gasteiger partial charge >= 0.3 is 0 Å². The molecule has 0 saturated heterocycles. The molecule has 20 heavy (non-hydrogen) atoms. The van der Waals surface area contributed by atoms with Crippen LogP contribution < -0.4 is 10.6 Å². The maximum absolute atomic E-state index is 12.2. The summed E-state index contributed by atoms with van der Waals surface area (Å²) in [7, 11) is 1.73. The van der Waals surface area contributed by atoms with Gasteiger partial charge in [-0.1, -0.05) is 6.07 Å². The van der Waals surface area contributed by atoms with Crippen molar-refractivity contribution in [2.75, 3.05) is 12.4 Å². The molecule has 0 radical (unpaired) electrons. The lowest BCUT2D eigenvalue weighted by Crippen LogP contribution is -2.24. The molecule has 0 saturated carbocycles. The number of hydrogen-bond acceptors (Lipinski definition) is 4. The fraction of sp³-hybridized carbons (Fsp3) is 0.214. The van der Waals surface area contributed by atoms with Gasteiger partial charge in [-0.25, -0.2) is 4.98 Å². The van der Waals surface area contributed by atoms with Gasteiger partial charge in [0.05, 0.1) is 17.8 Å². The normalized spacial score (nSPS) is 10.2. The van der Waals surface area contributed by atoms with Crippen LogP contribution in [-0.4, -0.2) is 22.9 Å². The van der Waals surface area contributed by atoms with Crippen molar-refractivity contribution in [3.05, 3.63) is 51.9 Å². The number of halogens is 1. The van der Waals surface area contributed by atoms with Crippen LogP contribution in [0.2, 0.25) is 0 Å². The molecule has 6 heteroatoms. The molecule has 0 aliphatic heterocycles. The van der Waals surface area contributed by atoms with Crippen LogP contribution in [-0.2, 0) is 6.54 Å². The number of carbonyl (C=O) groups is 1. The Labute approximate surface area is 126 Å². The molecule has 0 fully saturated rings. The van der Waals surface area contributed by atoms with Crippen molar-refractivity contribution in [3.63, 3.8) is 0 Å². The van der Waals surface area contributed by atoms with Crippen molar-refractivity contribution < 1.29 is 4.79 Å². The number of rotatable bonds is 4. The first-order valence-corrected chi connectivity index (χ1v) is 6.93. The molecular weight excluding hydrogens is 320 g/mol. The lowest BCUT2D eigenvalue weighted by Gasteiger charge is -2.09. The maximum Gasteiger partial charge on any atom is 0.255 e. The van der Waals surface area contributed by atoms with Crippen LogP contribution in [0, 0.1) is 6.92 Å². The SMILES string of the molecule is CNc1ncc(Br)cc1C(=O)NCc1cccc(C)n1. The molecule has 0 bridgehead atoms. The third kappa shape index (κ3) is 3.54. The van der Waals surface area contributed by atoms with Gasteiger partial charge in [0.15, 0.2) is 0 Å². The van der Waals surface area contributed by atoms with Gasteiger partial charge in [0, 0.05) is 23.4 Å². The number of anilines is 1. The topological polar surface area (TPSA) is 66.9 Å². The molecule has 5 nitrogen and oxygen atoms in total. The quantitative estimate of drug-likeness (QED) is 0.901. The summed E-state index contributed by atoms with van der Waals surface area (Å²) in [6, 6.07) is 7.45. The van der Waals surface area contributed by atoms with E-state index in [9.17, 15) is 4.79 Å². The fourth-order valence-electron chi connectivity index (χ4n) is 1.78. The number of carbonyl (C=O) groups excluding carboxylic acids is 1. The molecule has 0 spiro atoms. The predicted octanol–water partition coefficient (Wildman–Crippen LogP) is 2.52. The van der Waals surface area contributed by atoms with E-state index in [1.807, 2.05) is 25.1 Å². The molecule has 0 aliphatic carbocycles. The Morgan fingerprint density at radius 1 is 1.40 bits per heavy atom. The minimum Gasteiger partial charge on any atom is -0.372 e. The number of pyridine rings is 2. The van der Waals surface area contributed by atoms with Crippen LogP contribution in [0.3, 0.4) is 0 Å². The second-order valence-corrected chi connectivity index (χ2v) is 5.17. The number of aromatic nitrogens is 2. The zero-order valence-corrected chi connectivity index (χ0v) is 12.9. The zero-order chi connectivity index (χ0) is 14.5. The molecule has 104 valence electrons. The maximum atomic E-state index is 12.2. The van der Waals surface area contributed by atoms with Crippen LogP contribution in [0.5, 0.6) is 0 Å². The van der Waals surface area contributed by atoms with E-state index in [0.29, 0.717) is 17.9 Å². The highest BCUT2D eigenvalue weighted by atomic mass is 79.9. The molecule has 0 aliphatic rings. The Bertz CT molecular complexity index is 630. The lowest BCUT2D eigenvalue weighted by molar-refractivity contribution is 0.0951. The highest BCUT2D eigenvalue weighted by Gasteiger charge is 2.12. The second-order valence-electron chi connectivity index (χ2n) is 4.25. The smallest absolute Gasteiger partial charge is 0.255 e. The molecular formula is C14H15BrN4O. The Kier molecular flexibility index (Phi) is 4.68. The van der Waals surface area contributed by atoms with E-state index in [0.717, 1.165) is 15.9 Å². The van der Waals surface area contributed by atoms with Crippen molar-refractivity contribution >= 4 is 27.7 Å². The van der Waals surface area contributed by atoms with E-state index in [2.05, 4.69) is 36.5 Å². The highest BCUT2D eigenvalue weighted by molar-refractivity contribution is 9.10. The van der Waals surface area contributed by atoms with Gasteiger partial charge in [-0.15, -0.1) is 0 Å². The number of hydrogen-bond donors (Lipinski definition) is 2. The largest absolute Gasteiger partial charge is 0.372 e. The van der Waals surface area contributed by atoms with Crippen LogP contribution in [0.4, 0.5) is 5.82 Å². The average molecular weight is 335 g/mol. The monoisotopic (exact) mass is 334 g/mol. The van der Waals surface area contributed by atoms with Gasteiger partial charge in [0.1, 0.15) is 5.82 Å². The molecule has 0 atom stereocenters. The van der Waals surface area contributed by atoms with E-state index in [-0.39, 0.29) is 5.91 Å². The van der Waals surface area contributed by atoms with Gasteiger partial charge in [-0.05, 0) is 41.1 Å². The fourth-order valence-corrected chi connectivity index (χ4v) is 2.11. The standard InChI is InChI=1S/C14H15BrN4O/c1-9-4-3-5-11(19-9)8-18-14(20)12-6-10(15)7-17-13(12)16-2/h3-7H,8H2,1-2H3,(H,16,17)(H,18,20). The van der Waals surface area contributed by atoms with E-state index in [1.165, 1.54) is 0 Å². The minimum atomic E-state index is -0.188. The van der Waals surface area contributed by atoms with Crippen molar-refractivity contribution in [3.8, 4) is 0 Å². The predicted molar refractivity (Wildman–Crippen MR) is 81.6 cm³/mol. The highest BCUT2D eigenvalue weighted by Crippen LogP contribution is 2.17. The molecule has 2 rings (SSSR count). The Hall–Kier alpha value is -1.95. The first-order valence-electron chi connectivity index (χ1n) is 6.14. The Balaban J connectivity index is 2.10. The number of aryl methyl sites for hydroxylation is 1. The van der Waals surface area contributed by atoms with Crippen molar-refractivity contribution in [1.29, 1.82) is 0 Å². The summed E-state index contributed by atoms with van der Waals surface area (Å²) >= 11 is 3.32. The zero-order valence-electron chi connectivity index (χ0n) is 11.3. The van der Waals surface area contributed by atoms with Gasteiger partial charge in [-0.3, -0.25) is 9.78 Å². The molecule has 1 amide bonds. The van der Waals surface area contributed by atoms with E-state index in [1.54, 1.807) is 19.3 Å². The number of nitrogens with one attached hydrogen (secondary N) is 2. The van der Waals surface area contributed by atoms with Crippen molar-refractivity contribution in [2.45, 2.75) is 13.5 Å². The third-order valence-corrected chi connectivity index (χ3v) is 3.15. The first kappa shape index (κ1) is 14.5. The second kappa shape index (κ2) is 6.47. The minimum absolute atomic E-state index is 0.188. The lowest BCUT2D eigenvalue weighted by atomic mass is 10.2. The van der Waals surface area contributed by atoms with E-state index in [4.69, 9.17) is 0 Å². The van der Waals surface area contributed by atoms with E-state index >= 15 is 0 Å². The first-order chi connectivity index (χ1) is 9.60. The Morgan fingerprint density at radius 3 is 2.90 bits per heavy atom. The molecule has 2 N–H and O–H groups in total. The summed E-state index contributed by atoms with van der Waals surface area (Å²) in [6.07, 6.45) is 1.64. The van der Waals surface area contributed by atoms with Crippen molar-refractivity contribution in [2.24, 2.45) is 0 Å². The summed E-state index contributed by atoms with van der Waals surface area (Å²) in [6.45, 7) is 2.30. The summed E-state index contributed by atoms with van der Waals surface area (Å²) in [4.78, 5) is 20.7. The average Bonchev–Trinajstić information content (AvgIpc) is 2.45. The van der Waals surface area contributed by atoms with E-state index < -0.39 is 0 Å². The van der Waals surface area contributed by atoms with Crippen LogP contribution in [0.25, 0.3) is 0 Å². The van der Waals surface area contributed by atoms with Crippen LogP contribution in [0.15, 0.2) is 34.9 Å². The molecule has 2 heterocycles. The molecule has 0 aromatic carbocycles. The third-order valence-electron chi connectivity index (χ3n) is 2.71. The number of amides is 1. The summed E-state index contributed by atoms with van der Waals surface area (Å²) < 4.78 is 0.760. The van der Waals surface area contributed by atoms with Crippen LogP contribution in [0.1, 0.15) is 21.7 Å². The van der Waals surface area contributed by atoms with Crippen LogP contribution >= 0.6 is 15.9 Å².